The number of nitrogens with one attached hydrogen (secondary N) is 1. The molecule has 0 aromatic rings. The van der Waals surface area contributed by atoms with Crippen molar-refractivity contribution in [3.8, 4) is 0 Å². The molecule has 0 spiro atoms. The van der Waals surface area contributed by atoms with Crippen molar-refractivity contribution in [2.45, 2.75) is 38.1 Å². The average molecular weight is 265 g/mol. The molecule has 0 saturated carbocycles. The summed E-state index contributed by atoms with van der Waals surface area (Å²) in [5.41, 5.74) is 0. The van der Waals surface area contributed by atoms with Gasteiger partial charge in [0.15, 0.2) is 9.84 Å². The molecule has 3 nitrogen and oxygen atoms in total. The third kappa shape index (κ3) is 6.11. The Morgan fingerprint density at radius 3 is 2.62 bits per heavy atom. The fourth-order valence-electron chi connectivity index (χ4n) is 1.99. The molecular weight excluding hydrogens is 242 g/mol. The maximum absolute atomic E-state index is 11.2. The molecule has 1 aliphatic heterocycles. The van der Waals surface area contributed by atoms with Crippen molar-refractivity contribution < 1.29 is 8.42 Å². The van der Waals surface area contributed by atoms with Gasteiger partial charge in [-0.25, -0.2) is 8.42 Å². The summed E-state index contributed by atoms with van der Waals surface area (Å²) in [4.78, 5) is 0. The lowest BCUT2D eigenvalue weighted by Crippen LogP contribution is -2.30. The maximum atomic E-state index is 11.2. The number of sulfone groups is 1. The number of hydrogen-bond acceptors (Lipinski definition) is 4. The van der Waals surface area contributed by atoms with Crippen molar-refractivity contribution >= 4 is 21.6 Å². The molecular formula is C11H23NO2S2. The summed E-state index contributed by atoms with van der Waals surface area (Å²) >= 11 is 1.90. The van der Waals surface area contributed by atoms with Gasteiger partial charge in [0.2, 0.25) is 0 Å². The van der Waals surface area contributed by atoms with Crippen LogP contribution in [-0.2, 0) is 9.84 Å². The maximum Gasteiger partial charge on any atom is 0.151 e. The Morgan fingerprint density at radius 1 is 1.25 bits per heavy atom. The molecule has 1 N–H and O–H groups in total. The van der Waals surface area contributed by atoms with E-state index in [1.54, 1.807) is 0 Å². The molecule has 1 rings (SSSR count). The third-order valence-corrected chi connectivity index (χ3v) is 5.41. The Hall–Kier alpha value is 0.260. The Labute approximate surface area is 104 Å². The largest absolute Gasteiger partial charge is 0.313 e. The molecule has 1 saturated heterocycles. The third-order valence-electron chi connectivity index (χ3n) is 2.94. The van der Waals surface area contributed by atoms with E-state index in [1.807, 2.05) is 11.8 Å². The van der Waals surface area contributed by atoms with E-state index in [2.05, 4.69) is 11.6 Å². The summed E-state index contributed by atoms with van der Waals surface area (Å²) in [5, 5.41) is 3.34. The highest BCUT2D eigenvalue weighted by Gasteiger charge is 2.26. The summed E-state index contributed by atoms with van der Waals surface area (Å²) in [7, 11) is -2.72. The highest BCUT2D eigenvalue weighted by molar-refractivity contribution is 7.98. The first-order chi connectivity index (χ1) is 7.64. The van der Waals surface area contributed by atoms with Crippen molar-refractivity contribution in [3.05, 3.63) is 0 Å². The van der Waals surface area contributed by atoms with Crippen LogP contribution in [0.1, 0.15) is 32.1 Å². The van der Waals surface area contributed by atoms with E-state index in [9.17, 15) is 8.42 Å². The van der Waals surface area contributed by atoms with Gasteiger partial charge in [0, 0.05) is 6.04 Å². The van der Waals surface area contributed by atoms with Gasteiger partial charge in [0.1, 0.15) is 0 Å². The Morgan fingerprint density at radius 2 is 2.00 bits per heavy atom. The highest BCUT2D eigenvalue weighted by atomic mass is 32.2. The number of unbranched alkanes of at least 4 members (excludes halogenated alkanes) is 3. The van der Waals surface area contributed by atoms with Crippen molar-refractivity contribution in [1.82, 2.24) is 5.32 Å². The van der Waals surface area contributed by atoms with Gasteiger partial charge in [-0.15, -0.1) is 0 Å². The van der Waals surface area contributed by atoms with E-state index < -0.39 is 9.84 Å². The van der Waals surface area contributed by atoms with E-state index in [4.69, 9.17) is 0 Å². The van der Waals surface area contributed by atoms with E-state index in [1.165, 1.54) is 31.4 Å². The molecule has 0 radical (unpaired) electrons. The van der Waals surface area contributed by atoms with Crippen LogP contribution in [0.2, 0.25) is 0 Å². The second kappa shape index (κ2) is 7.56. The Kier molecular flexibility index (Phi) is 6.77. The topological polar surface area (TPSA) is 46.2 Å². The molecule has 1 heterocycles. The zero-order valence-corrected chi connectivity index (χ0v) is 11.7. The number of rotatable bonds is 8. The highest BCUT2D eigenvalue weighted by Crippen LogP contribution is 2.11. The SMILES string of the molecule is CSCCCCCCNC1CCS(=O)(=O)C1. The van der Waals surface area contributed by atoms with Crippen LogP contribution in [0.25, 0.3) is 0 Å². The summed E-state index contributed by atoms with van der Waals surface area (Å²) < 4.78 is 22.4. The molecule has 1 unspecified atom stereocenters. The van der Waals surface area contributed by atoms with Crippen LogP contribution in [0, 0.1) is 0 Å². The van der Waals surface area contributed by atoms with Gasteiger partial charge in [0.25, 0.3) is 0 Å². The molecule has 1 atom stereocenters. The average Bonchev–Trinajstić information content (AvgIpc) is 2.57. The van der Waals surface area contributed by atoms with Crippen LogP contribution in [-0.4, -0.2) is 44.5 Å². The monoisotopic (exact) mass is 265 g/mol. The van der Waals surface area contributed by atoms with Gasteiger partial charge in [0.05, 0.1) is 11.5 Å². The molecule has 16 heavy (non-hydrogen) atoms. The fraction of sp³-hybridized carbons (Fsp3) is 1.00. The summed E-state index contributed by atoms with van der Waals surface area (Å²) in [6.07, 6.45) is 7.97. The van der Waals surface area contributed by atoms with E-state index in [-0.39, 0.29) is 6.04 Å². The predicted molar refractivity (Wildman–Crippen MR) is 71.9 cm³/mol. The zero-order valence-electron chi connectivity index (χ0n) is 10.1. The molecule has 0 aliphatic carbocycles. The number of thioether (sulfide) groups is 1. The summed E-state index contributed by atoms with van der Waals surface area (Å²) in [6.45, 7) is 0.972. The minimum Gasteiger partial charge on any atom is -0.313 e. The van der Waals surface area contributed by atoms with E-state index in [0.717, 1.165) is 13.0 Å². The van der Waals surface area contributed by atoms with Gasteiger partial charge in [-0.1, -0.05) is 12.8 Å². The predicted octanol–water partition coefficient (Wildman–Crippen LogP) is 1.69. The van der Waals surface area contributed by atoms with Gasteiger partial charge in [-0.3, -0.25) is 0 Å². The minimum absolute atomic E-state index is 0.219. The molecule has 1 aliphatic rings. The van der Waals surface area contributed by atoms with Crippen molar-refractivity contribution in [1.29, 1.82) is 0 Å². The second-order valence-electron chi connectivity index (χ2n) is 4.46. The van der Waals surface area contributed by atoms with Crippen LogP contribution in [0.15, 0.2) is 0 Å². The molecule has 0 aromatic carbocycles. The molecule has 0 aromatic heterocycles. The second-order valence-corrected chi connectivity index (χ2v) is 7.68. The minimum atomic E-state index is -2.72. The molecule has 0 amide bonds. The molecule has 5 heteroatoms. The van der Waals surface area contributed by atoms with Crippen LogP contribution >= 0.6 is 11.8 Å². The lowest BCUT2D eigenvalue weighted by Gasteiger charge is -2.09. The van der Waals surface area contributed by atoms with E-state index in [0.29, 0.717) is 11.5 Å². The van der Waals surface area contributed by atoms with Gasteiger partial charge in [-0.2, -0.15) is 11.8 Å². The normalized spacial score (nSPS) is 23.7. The van der Waals surface area contributed by atoms with E-state index >= 15 is 0 Å². The molecule has 0 bridgehead atoms. The first kappa shape index (κ1) is 14.3. The first-order valence-corrected chi connectivity index (χ1v) is 9.28. The smallest absolute Gasteiger partial charge is 0.151 e. The van der Waals surface area contributed by atoms with Crippen LogP contribution in [0.3, 0.4) is 0 Å². The lowest BCUT2D eigenvalue weighted by molar-refractivity contribution is 0.525. The van der Waals surface area contributed by atoms with Crippen molar-refractivity contribution in [3.63, 3.8) is 0 Å². The Bertz CT molecular complexity index is 278. The Balaban J connectivity index is 1.92. The van der Waals surface area contributed by atoms with Gasteiger partial charge >= 0.3 is 0 Å². The molecule has 1 fully saturated rings. The quantitative estimate of drug-likeness (QED) is 0.678. The summed E-state index contributed by atoms with van der Waals surface area (Å²) in [5.74, 6) is 1.98. The standard InChI is InChI=1S/C11H23NO2S2/c1-15-8-5-3-2-4-7-12-11-6-9-16(13,14)10-11/h11-12H,2-10H2,1H3. The van der Waals surface area contributed by atoms with Crippen molar-refractivity contribution in [2.24, 2.45) is 0 Å². The number of hydrogen-bond donors (Lipinski definition) is 1. The zero-order chi connectivity index (χ0) is 11.9. The van der Waals surface area contributed by atoms with Crippen LogP contribution in [0.4, 0.5) is 0 Å². The lowest BCUT2D eigenvalue weighted by atomic mass is 10.2. The van der Waals surface area contributed by atoms with Gasteiger partial charge in [-0.05, 0) is 37.8 Å². The van der Waals surface area contributed by atoms with Gasteiger partial charge < -0.3 is 5.32 Å². The van der Waals surface area contributed by atoms with Crippen LogP contribution in [0.5, 0.6) is 0 Å². The molecule has 96 valence electrons. The fourth-order valence-corrected chi connectivity index (χ4v) is 4.19. The van der Waals surface area contributed by atoms with Crippen LogP contribution < -0.4 is 5.32 Å². The summed E-state index contributed by atoms with van der Waals surface area (Å²) in [6, 6.07) is 0.219. The van der Waals surface area contributed by atoms with Crippen molar-refractivity contribution in [2.75, 3.05) is 30.1 Å². The first-order valence-electron chi connectivity index (χ1n) is 6.07.